The van der Waals surface area contributed by atoms with E-state index in [1.165, 1.54) is 25.1 Å². The van der Waals surface area contributed by atoms with Gasteiger partial charge >= 0.3 is 5.97 Å². The number of rotatable bonds is 8. The van der Waals surface area contributed by atoms with Crippen molar-refractivity contribution in [3.63, 3.8) is 0 Å². The molecular weight excluding hydrogens is 400 g/mol. The van der Waals surface area contributed by atoms with Gasteiger partial charge in [-0.25, -0.2) is 4.79 Å². The molecule has 0 unspecified atom stereocenters. The number of hydrogen-bond acceptors (Lipinski definition) is 8. The number of anilines is 1. The van der Waals surface area contributed by atoms with Gasteiger partial charge in [0.1, 0.15) is 10.8 Å². The van der Waals surface area contributed by atoms with Gasteiger partial charge in [0.2, 0.25) is 0 Å². The molecule has 1 aromatic carbocycles. The van der Waals surface area contributed by atoms with E-state index >= 15 is 0 Å². The minimum Gasteiger partial charge on any atom is -0.484 e. The summed E-state index contributed by atoms with van der Waals surface area (Å²) in [5.74, 6) is -1.12. The maximum Gasteiger partial charge on any atom is 0.341 e. The van der Waals surface area contributed by atoms with E-state index in [1.807, 2.05) is 0 Å². The summed E-state index contributed by atoms with van der Waals surface area (Å²) in [5, 5.41) is 13.6. The van der Waals surface area contributed by atoms with Crippen molar-refractivity contribution >= 4 is 39.7 Å². The van der Waals surface area contributed by atoms with E-state index in [0.717, 1.165) is 11.3 Å². The minimum absolute atomic E-state index is 0.0493. The molecule has 29 heavy (non-hydrogen) atoms. The van der Waals surface area contributed by atoms with Crippen molar-refractivity contribution < 1.29 is 28.8 Å². The standard InChI is InChI=1S/C19H20N2O7S/c1-5-27-19(24)16-11(3)17(12(4)22)29-18(16)20-15(23)9-28-13-6-7-14(21(25)26)10(2)8-13/h6-8H,5,9H2,1-4H3,(H,20,23). The zero-order valence-electron chi connectivity index (χ0n) is 16.4. The molecule has 0 spiro atoms. The molecule has 0 saturated carbocycles. The maximum atomic E-state index is 12.3. The zero-order chi connectivity index (χ0) is 21.7. The van der Waals surface area contributed by atoms with Gasteiger partial charge in [0.15, 0.2) is 12.4 Å². The first kappa shape index (κ1) is 22.0. The number of hydrogen-bond donors (Lipinski definition) is 1. The minimum atomic E-state index is -0.629. The van der Waals surface area contributed by atoms with Gasteiger partial charge in [-0.15, -0.1) is 11.3 Å². The van der Waals surface area contributed by atoms with E-state index in [2.05, 4.69) is 5.32 Å². The van der Waals surface area contributed by atoms with E-state index in [4.69, 9.17) is 9.47 Å². The highest BCUT2D eigenvalue weighted by atomic mass is 32.1. The summed E-state index contributed by atoms with van der Waals surface area (Å²) in [6.45, 7) is 5.98. The van der Waals surface area contributed by atoms with E-state index in [0.29, 0.717) is 21.8 Å². The van der Waals surface area contributed by atoms with Gasteiger partial charge < -0.3 is 14.8 Å². The van der Waals surface area contributed by atoms with Gasteiger partial charge in [0.05, 0.1) is 22.0 Å². The number of Topliss-reactive ketones (excluding diaryl/α,β-unsaturated/α-hetero) is 1. The Morgan fingerprint density at radius 2 is 1.93 bits per heavy atom. The van der Waals surface area contributed by atoms with Gasteiger partial charge in [-0.3, -0.25) is 19.7 Å². The first-order valence-electron chi connectivity index (χ1n) is 8.64. The number of esters is 1. The monoisotopic (exact) mass is 420 g/mol. The van der Waals surface area contributed by atoms with Crippen LogP contribution in [0, 0.1) is 24.0 Å². The molecule has 2 rings (SSSR count). The lowest BCUT2D eigenvalue weighted by Gasteiger charge is -2.09. The number of nitro benzene ring substituents is 1. The molecule has 9 nitrogen and oxygen atoms in total. The lowest BCUT2D eigenvalue weighted by Crippen LogP contribution is -2.21. The molecule has 0 aliphatic heterocycles. The number of carbonyl (C=O) groups is 3. The van der Waals surface area contributed by atoms with Crippen LogP contribution in [0.1, 0.15) is 45.0 Å². The zero-order valence-corrected chi connectivity index (χ0v) is 17.2. The average Bonchev–Trinajstić information content (AvgIpc) is 2.96. The maximum absolute atomic E-state index is 12.3. The lowest BCUT2D eigenvalue weighted by molar-refractivity contribution is -0.385. The quantitative estimate of drug-likeness (QED) is 0.299. The second-order valence-electron chi connectivity index (χ2n) is 6.08. The Kier molecular flexibility index (Phi) is 7.05. The number of ketones is 1. The smallest absolute Gasteiger partial charge is 0.341 e. The number of nitrogens with one attached hydrogen (secondary N) is 1. The number of benzene rings is 1. The molecule has 154 valence electrons. The van der Waals surface area contributed by atoms with Crippen molar-refractivity contribution in [2.24, 2.45) is 0 Å². The highest BCUT2D eigenvalue weighted by Crippen LogP contribution is 2.34. The Hall–Kier alpha value is -3.27. The molecule has 1 amide bonds. The molecule has 10 heteroatoms. The Balaban J connectivity index is 2.15. The van der Waals surface area contributed by atoms with E-state index in [1.54, 1.807) is 20.8 Å². The predicted molar refractivity (Wildman–Crippen MR) is 107 cm³/mol. The Morgan fingerprint density at radius 3 is 2.48 bits per heavy atom. The molecule has 1 N–H and O–H groups in total. The second kappa shape index (κ2) is 9.28. The summed E-state index contributed by atoms with van der Waals surface area (Å²) in [6, 6.07) is 4.15. The number of thiophene rings is 1. The highest BCUT2D eigenvalue weighted by molar-refractivity contribution is 7.18. The summed E-state index contributed by atoms with van der Waals surface area (Å²) in [7, 11) is 0. The van der Waals surface area contributed by atoms with E-state index < -0.39 is 16.8 Å². The average molecular weight is 420 g/mol. The third-order valence-electron chi connectivity index (χ3n) is 3.93. The number of aryl methyl sites for hydroxylation is 1. The molecule has 0 fully saturated rings. The molecule has 0 bridgehead atoms. The lowest BCUT2D eigenvalue weighted by atomic mass is 10.1. The van der Waals surface area contributed by atoms with Crippen LogP contribution in [0.15, 0.2) is 18.2 Å². The van der Waals surface area contributed by atoms with Crippen LogP contribution in [0.5, 0.6) is 5.75 Å². The van der Waals surface area contributed by atoms with Crippen LogP contribution in [0.3, 0.4) is 0 Å². The van der Waals surface area contributed by atoms with Gasteiger partial charge in [-0.2, -0.15) is 0 Å². The SMILES string of the molecule is CCOC(=O)c1c(NC(=O)COc2ccc([N+](=O)[O-])c(C)c2)sc(C(C)=O)c1C. The molecule has 1 heterocycles. The normalized spacial score (nSPS) is 10.3. The number of amides is 1. The van der Waals surface area contributed by atoms with Crippen molar-refractivity contribution in [3.8, 4) is 5.75 Å². The summed E-state index contributed by atoms with van der Waals surface area (Å²) in [5.41, 5.74) is 0.939. The van der Waals surface area contributed by atoms with Crippen molar-refractivity contribution in [2.45, 2.75) is 27.7 Å². The van der Waals surface area contributed by atoms with Crippen LogP contribution in [0.2, 0.25) is 0 Å². The van der Waals surface area contributed by atoms with Gasteiger partial charge in [0.25, 0.3) is 11.6 Å². The fraction of sp³-hybridized carbons (Fsp3) is 0.316. The van der Waals surface area contributed by atoms with Crippen LogP contribution >= 0.6 is 11.3 Å². The fourth-order valence-electron chi connectivity index (χ4n) is 2.62. The Morgan fingerprint density at radius 1 is 1.24 bits per heavy atom. The highest BCUT2D eigenvalue weighted by Gasteiger charge is 2.25. The van der Waals surface area contributed by atoms with Crippen molar-refractivity contribution in [1.82, 2.24) is 0 Å². The molecule has 2 aromatic rings. The van der Waals surface area contributed by atoms with Gasteiger partial charge in [-0.05, 0) is 45.4 Å². The van der Waals surface area contributed by atoms with E-state index in [-0.39, 0.29) is 35.2 Å². The molecule has 1 aromatic heterocycles. The fourth-order valence-corrected chi connectivity index (χ4v) is 3.73. The summed E-state index contributed by atoms with van der Waals surface area (Å²) in [6.07, 6.45) is 0. The molecule has 0 saturated heterocycles. The Labute approximate surface area is 170 Å². The Bertz CT molecular complexity index is 981. The van der Waals surface area contributed by atoms with Gasteiger partial charge in [0, 0.05) is 11.6 Å². The topological polar surface area (TPSA) is 125 Å². The molecule has 0 aliphatic carbocycles. The van der Waals surface area contributed by atoms with Gasteiger partial charge in [-0.1, -0.05) is 0 Å². The predicted octanol–water partition coefficient (Wildman–Crippen LogP) is 3.67. The van der Waals surface area contributed by atoms with Crippen LogP contribution in [0.25, 0.3) is 0 Å². The third kappa shape index (κ3) is 5.17. The first-order valence-corrected chi connectivity index (χ1v) is 9.46. The van der Waals surface area contributed by atoms with Crippen LogP contribution in [-0.2, 0) is 9.53 Å². The summed E-state index contributed by atoms with van der Waals surface area (Å²) in [4.78, 5) is 47.0. The van der Waals surface area contributed by atoms with Crippen LogP contribution in [-0.4, -0.2) is 35.8 Å². The number of nitrogens with zero attached hydrogens (tertiary/aromatic N) is 1. The van der Waals surface area contributed by atoms with Crippen molar-refractivity contribution in [1.29, 1.82) is 0 Å². The third-order valence-corrected chi connectivity index (χ3v) is 5.24. The molecular formula is C19H20N2O7S. The van der Waals surface area contributed by atoms with Crippen LogP contribution < -0.4 is 10.1 Å². The largest absolute Gasteiger partial charge is 0.484 e. The molecule has 0 atom stereocenters. The number of ether oxygens (including phenoxy) is 2. The van der Waals surface area contributed by atoms with Crippen molar-refractivity contribution in [3.05, 3.63) is 49.9 Å². The summed E-state index contributed by atoms with van der Waals surface area (Å²) < 4.78 is 10.4. The second-order valence-corrected chi connectivity index (χ2v) is 7.10. The molecule has 0 radical (unpaired) electrons. The van der Waals surface area contributed by atoms with Crippen LogP contribution in [0.4, 0.5) is 10.7 Å². The summed E-state index contributed by atoms with van der Waals surface area (Å²) >= 11 is 0.993. The number of nitro groups is 1. The number of carbonyl (C=O) groups excluding carboxylic acids is 3. The van der Waals surface area contributed by atoms with Crippen molar-refractivity contribution in [2.75, 3.05) is 18.5 Å². The first-order chi connectivity index (χ1) is 13.6. The molecule has 0 aliphatic rings. The van der Waals surface area contributed by atoms with E-state index in [9.17, 15) is 24.5 Å².